The first-order valence-corrected chi connectivity index (χ1v) is 8.48. The molecule has 3 heterocycles. The summed E-state index contributed by atoms with van der Waals surface area (Å²) in [6, 6.07) is 8.57. The minimum atomic E-state index is -0.339. The van der Waals surface area contributed by atoms with Crippen LogP contribution in [-0.4, -0.2) is 47.1 Å². The number of carbonyl (C=O) groups excluding carboxylic acids is 1. The van der Waals surface area contributed by atoms with Crippen LogP contribution in [0.4, 0.5) is 5.69 Å². The summed E-state index contributed by atoms with van der Waals surface area (Å²) in [5.74, 6) is 0.792. The van der Waals surface area contributed by atoms with Gasteiger partial charge in [-0.3, -0.25) is 9.69 Å². The zero-order chi connectivity index (χ0) is 14.9. The third kappa shape index (κ3) is 1.26. The van der Waals surface area contributed by atoms with Gasteiger partial charge in [0.1, 0.15) is 5.78 Å². The summed E-state index contributed by atoms with van der Waals surface area (Å²) in [6.45, 7) is 2.29. The molecule has 3 aliphatic heterocycles. The molecular formula is C18H22N2O2. The molecule has 22 heavy (non-hydrogen) atoms. The number of Topliss-reactive ketones (excluding diaryl/α,β-unsaturated/α-hetero) is 1. The van der Waals surface area contributed by atoms with Crippen LogP contribution in [0.2, 0.25) is 0 Å². The summed E-state index contributed by atoms with van der Waals surface area (Å²) in [4.78, 5) is 15.7. The summed E-state index contributed by atoms with van der Waals surface area (Å²) in [7, 11) is 0. The van der Waals surface area contributed by atoms with Crippen molar-refractivity contribution < 1.29 is 9.90 Å². The number of carbonyl (C=O) groups is 1. The second kappa shape index (κ2) is 4.12. The predicted octanol–water partition coefficient (Wildman–Crippen LogP) is 1.54. The van der Waals surface area contributed by atoms with Crippen molar-refractivity contribution in [1.29, 1.82) is 0 Å². The van der Waals surface area contributed by atoms with Gasteiger partial charge in [-0.25, -0.2) is 0 Å². The minimum absolute atomic E-state index is 0.133. The minimum Gasteiger partial charge on any atom is -0.396 e. The van der Waals surface area contributed by atoms with Gasteiger partial charge in [0.25, 0.3) is 0 Å². The molecule has 1 aromatic rings. The Labute approximate surface area is 130 Å². The van der Waals surface area contributed by atoms with Gasteiger partial charge in [0.2, 0.25) is 0 Å². The van der Waals surface area contributed by atoms with Crippen LogP contribution in [0.25, 0.3) is 0 Å². The van der Waals surface area contributed by atoms with E-state index in [0.29, 0.717) is 18.1 Å². The number of anilines is 1. The molecule has 0 spiro atoms. The molecule has 2 saturated heterocycles. The van der Waals surface area contributed by atoms with Gasteiger partial charge in [-0.2, -0.15) is 0 Å². The SMILES string of the molecule is O=C1C[C@H]2CCN3CC[C@@]14c1ccccc1N[C@]2(CCO)[C@@H]34. The average Bonchev–Trinajstić information content (AvgIpc) is 2.94. The standard InChI is InChI=1S/C18H22N2O2/c21-10-7-18-12-5-8-20-9-6-17(16(18)20,15(22)11-12)13-3-1-2-4-14(13)19-18/h1-4,12,16,19,21H,5-11H2/t12-,16+,17-,18+/m1/s1. The van der Waals surface area contributed by atoms with Crippen molar-refractivity contribution in [2.45, 2.75) is 42.7 Å². The molecule has 1 aromatic carbocycles. The van der Waals surface area contributed by atoms with Gasteiger partial charge in [-0.15, -0.1) is 0 Å². The Bertz CT molecular complexity index is 660. The van der Waals surface area contributed by atoms with Gasteiger partial charge in [-0.05, 0) is 49.9 Å². The quantitative estimate of drug-likeness (QED) is 0.869. The summed E-state index contributed by atoms with van der Waals surface area (Å²) >= 11 is 0. The molecule has 4 atom stereocenters. The molecule has 0 unspecified atom stereocenters. The number of aliphatic hydroxyl groups is 1. The van der Waals surface area contributed by atoms with Crippen LogP contribution in [0.15, 0.2) is 24.3 Å². The number of piperidine rings is 1. The van der Waals surface area contributed by atoms with Crippen LogP contribution < -0.4 is 5.32 Å². The van der Waals surface area contributed by atoms with Crippen molar-refractivity contribution in [2.24, 2.45) is 5.92 Å². The highest BCUT2D eigenvalue weighted by Crippen LogP contribution is 2.61. The molecule has 5 rings (SSSR count). The summed E-state index contributed by atoms with van der Waals surface area (Å²) in [5, 5.41) is 13.5. The Morgan fingerprint density at radius 1 is 1.32 bits per heavy atom. The lowest BCUT2D eigenvalue weighted by Gasteiger charge is -2.63. The van der Waals surface area contributed by atoms with Crippen LogP contribution in [0.5, 0.6) is 0 Å². The van der Waals surface area contributed by atoms with Crippen molar-refractivity contribution in [1.82, 2.24) is 4.90 Å². The Kier molecular flexibility index (Phi) is 2.45. The topological polar surface area (TPSA) is 52.6 Å². The van der Waals surface area contributed by atoms with Gasteiger partial charge >= 0.3 is 0 Å². The molecule has 4 aliphatic rings. The molecule has 0 aromatic heterocycles. The molecule has 4 nitrogen and oxygen atoms in total. The van der Waals surface area contributed by atoms with E-state index in [1.807, 2.05) is 6.07 Å². The van der Waals surface area contributed by atoms with Crippen molar-refractivity contribution in [3.63, 3.8) is 0 Å². The maximum absolute atomic E-state index is 13.2. The van der Waals surface area contributed by atoms with Crippen molar-refractivity contribution in [2.75, 3.05) is 25.0 Å². The van der Waals surface area contributed by atoms with E-state index < -0.39 is 0 Å². The van der Waals surface area contributed by atoms with Crippen LogP contribution >= 0.6 is 0 Å². The predicted molar refractivity (Wildman–Crippen MR) is 83.9 cm³/mol. The molecule has 4 heteroatoms. The first-order chi connectivity index (χ1) is 10.7. The molecule has 1 aliphatic carbocycles. The third-order valence-electron chi connectivity index (χ3n) is 6.84. The van der Waals surface area contributed by atoms with Gasteiger partial charge in [0.05, 0.1) is 11.0 Å². The Morgan fingerprint density at radius 2 is 2.18 bits per heavy atom. The number of fused-ring (bicyclic) bond motifs is 1. The fraction of sp³-hybridized carbons (Fsp3) is 0.611. The van der Waals surface area contributed by atoms with Crippen molar-refractivity contribution in [3.8, 4) is 0 Å². The number of benzene rings is 1. The summed E-state index contributed by atoms with van der Waals surface area (Å²) in [5.41, 5.74) is 1.84. The highest BCUT2D eigenvalue weighted by atomic mass is 16.3. The highest BCUT2D eigenvalue weighted by Gasteiger charge is 2.70. The molecule has 2 N–H and O–H groups in total. The molecule has 3 fully saturated rings. The number of ketones is 1. The van der Waals surface area contributed by atoms with Crippen LogP contribution in [0.3, 0.4) is 0 Å². The van der Waals surface area contributed by atoms with Gasteiger partial charge in [0, 0.05) is 24.8 Å². The van der Waals surface area contributed by atoms with Crippen LogP contribution in [-0.2, 0) is 10.2 Å². The van der Waals surface area contributed by atoms with Crippen LogP contribution in [0.1, 0.15) is 31.2 Å². The summed E-state index contributed by atoms with van der Waals surface area (Å²) in [6.07, 6.45) is 3.41. The first-order valence-electron chi connectivity index (χ1n) is 8.48. The van der Waals surface area contributed by atoms with E-state index in [1.165, 1.54) is 5.56 Å². The lowest BCUT2D eigenvalue weighted by molar-refractivity contribution is -0.137. The van der Waals surface area contributed by atoms with Crippen molar-refractivity contribution in [3.05, 3.63) is 29.8 Å². The first kappa shape index (κ1) is 13.1. The largest absolute Gasteiger partial charge is 0.396 e. The lowest BCUT2D eigenvalue weighted by atomic mass is 9.50. The summed E-state index contributed by atoms with van der Waals surface area (Å²) < 4.78 is 0. The number of aliphatic hydroxyl groups excluding tert-OH is 1. The smallest absolute Gasteiger partial charge is 0.145 e. The Morgan fingerprint density at radius 3 is 3.05 bits per heavy atom. The van der Waals surface area contributed by atoms with E-state index in [-0.39, 0.29) is 23.6 Å². The number of nitrogens with zero attached hydrogens (tertiary/aromatic N) is 1. The number of rotatable bonds is 2. The Hall–Kier alpha value is -1.39. The fourth-order valence-electron chi connectivity index (χ4n) is 6.11. The monoisotopic (exact) mass is 298 g/mol. The zero-order valence-corrected chi connectivity index (χ0v) is 12.7. The van der Waals surface area contributed by atoms with E-state index in [2.05, 4.69) is 28.4 Å². The maximum atomic E-state index is 13.2. The van der Waals surface area contributed by atoms with E-state index in [9.17, 15) is 9.90 Å². The Balaban J connectivity index is 1.82. The lowest BCUT2D eigenvalue weighted by Crippen LogP contribution is -2.75. The number of para-hydroxylation sites is 1. The normalized spacial score (nSPS) is 42.0. The molecular weight excluding hydrogens is 276 g/mol. The second-order valence-electron chi connectivity index (χ2n) is 7.46. The second-order valence-corrected chi connectivity index (χ2v) is 7.46. The van der Waals surface area contributed by atoms with E-state index >= 15 is 0 Å². The third-order valence-corrected chi connectivity index (χ3v) is 6.84. The molecule has 4 bridgehead atoms. The van der Waals surface area contributed by atoms with Gasteiger partial charge in [0.15, 0.2) is 0 Å². The van der Waals surface area contributed by atoms with E-state index in [4.69, 9.17) is 0 Å². The number of hydrogen-bond acceptors (Lipinski definition) is 4. The maximum Gasteiger partial charge on any atom is 0.145 e. The average molecular weight is 298 g/mol. The van der Waals surface area contributed by atoms with Crippen molar-refractivity contribution >= 4 is 11.5 Å². The van der Waals surface area contributed by atoms with E-state index in [1.54, 1.807) is 0 Å². The van der Waals surface area contributed by atoms with Crippen LogP contribution in [0, 0.1) is 5.92 Å². The number of nitrogens with one attached hydrogen (secondary N) is 1. The fourth-order valence-corrected chi connectivity index (χ4v) is 6.11. The molecule has 1 saturated carbocycles. The zero-order valence-electron chi connectivity index (χ0n) is 12.7. The highest BCUT2D eigenvalue weighted by molar-refractivity contribution is 5.97. The van der Waals surface area contributed by atoms with E-state index in [0.717, 1.165) is 38.0 Å². The molecule has 116 valence electrons. The van der Waals surface area contributed by atoms with Gasteiger partial charge < -0.3 is 10.4 Å². The van der Waals surface area contributed by atoms with Gasteiger partial charge in [-0.1, -0.05) is 18.2 Å². The molecule has 0 amide bonds. The molecule has 0 radical (unpaired) electrons. The number of hydrogen-bond donors (Lipinski definition) is 2.